The van der Waals surface area contributed by atoms with Crippen molar-refractivity contribution in [1.82, 2.24) is 10.2 Å². The van der Waals surface area contributed by atoms with E-state index in [0.29, 0.717) is 13.0 Å². The maximum absolute atomic E-state index is 12.9. The molecule has 0 aliphatic carbocycles. The topological polar surface area (TPSA) is 78.7 Å². The lowest BCUT2D eigenvalue weighted by Crippen LogP contribution is -2.54. The van der Waals surface area contributed by atoms with Gasteiger partial charge >= 0.3 is 0 Å². The van der Waals surface area contributed by atoms with Crippen molar-refractivity contribution >= 4 is 17.3 Å². The van der Waals surface area contributed by atoms with Gasteiger partial charge in [0.2, 0.25) is 5.91 Å². The van der Waals surface area contributed by atoms with E-state index in [1.165, 1.54) is 24.3 Å². The number of piperazine rings is 1. The highest BCUT2D eigenvalue weighted by Gasteiger charge is 2.25. The number of nitrogens with one attached hydrogen (secondary N) is 1. The highest BCUT2D eigenvalue weighted by atomic mass is 19.1. The Morgan fingerprint density at radius 3 is 2.31 bits per heavy atom. The molecule has 154 valence electrons. The number of nitro benzene ring substituents is 1. The van der Waals surface area contributed by atoms with E-state index in [1.54, 1.807) is 24.3 Å². The van der Waals surface area contributed by atoms with Gasteiger partial charge in [0, 0.05) is 50.5 Å². The number of benzene rings is 2. The van der Waals surface area contributed by atoms with Gasteiger partial charge in [0.05, 0.1) is 11.0 Å². The molecule has 2 aromatic carbocycles. The zero-order valence-electron chi connectivity index (χ0n) is 16.4. The van der Waals surface area contributed by atoms with Crippen LogP contribution in [0.2, 0.25) is 0 Å². The first-order chi connectivity index (χ1) is 13.9. The predicted molar refractivity (Wildman–Crippen MR) is 109 cm³/mol. The van der Waals surface area contributed by atoms with Crippen molar-refractivity contribution in [3.8, 4) is 0 Å². The SMILES string of the molecule is CC(C(=O)NCCc1ccc(F)cc1)N1CCN(c2ccc([N+](=O)[O-])cc2)CC1. The van der Waals surface area contributed by atoms with Gasteiger partial charge in [-0.3, -0.25) is 19.8 Å². The first-order valence-corrected chi connectivity index (χ1v) is 9.69. The standard InChI is InChI=1S/C21H25FN4O3/c1-16(21(27)23-11-10-17-2-4-18(22)5-3-17)24-12-14-25(15-13-24)19-6-8-20(9-7-19)26(28)29/h2-9,16H,10-15H2,1H3,(H,23,27). The Morgan fingerprint density at radius 1 is 1.10 bits per heavy atom. The van der Waals surface area contributed by atoms with E-state index in [-0.39, 0.29) is 23.5 Å². The van der Waals surface area contributed by atoms with Gasteiger partial charge in [-0.05, 0) is 43.2 Å². The number of hydrogen-bond acceptors (Lipinski definition) is 5. The van der Waals surface area contributed by atoms with Crippen LogP contribution in [0.3, 0.4) is 0 Å². The minimum Gasteiger partial charge on any atom is -0.369 e. The summed E-state index contributed by atoms with van der Waals surface area (Å²) in [5.74, 6) is -0.282. The van der Waals surface area contributed by atoms with E-state index in [4.69, 9.17) is 0 Å². The first-order valence-electron chi connectivity index (χ1n) is 9.69. The Morgan fingerprint density at radius 2 is 1.72 bits per heavy atom. The highest BCUT2D eigenvalue weighted by Crippen LogP contribution is 2.21. The number of nitrogens with zero attached hydrogens (tertiary/aromatic N) is 3. The van der Waals surface area contributed by atoms with Crippen LogP contribution in [-0.4, -0.2) is 54.5 Å². The summed E-state index contributed by atoms with van der Waals surface area (Å²) in [5.41, 5.74) is 2.01. The van der Waals surface area contributed by atoms with Gasteiger partial charge in [-0.2, -0.15) is 0 Å². The molecular formula is C21H25FN4O3. The molecule has 0 saturated carbocycles. The van der Waals surface area contributed by atoms with E-state index < -0.39 is 4.92 Å². The second-order valence-electron chi connectivity index (χ2n) is 7.14. The molecule has 0 spiro atoms. The first kappa shape index (κ1) is 20.7. The summed E-state index contributed by atoms with van der Waals surface area (Å²) in [6.07, 6.45) is 0.659. The molecule has 2 aromatic rings. The Kier molecular flexibility index (Phi) is 6.77. The smallest absolute Gasteiger partial charge is 0.269 e. The van der Waals surface area contributed by atoms with Crippen LogP contribution < -0.4 is 10.2 Å². The molecule has 1 amide bonds. The van der Waals surface area contributed by atoms with Gasteiger partial charge < -0.3 is 10.2 Å². The van der Waals surface area contributed by atoms with Crippen LogP contribution in [0, 0.1) is 15.9 Å². The van der Waals surface area contributed by atoms with E-state index in [0.717, 1.165) is 37.4 Å². The predicted octanol–water partition coefficient (Wildman–Crippen LogP) is 2.60. The van der Waals surface area contributed by atoms with E-state index >= 15 is 0 Å². The number of halogens is 1. The number of amides is 1. The zero-order chi connectivity index (χ0) is 20.8. The summed E-state index contributed by atoms with van der Waals surface area (Å²) in [6, 6.07) is 12.6. The molecule has 1 atom stereocenters. The van der Waals surface area contributed by atoms with Crippen molar-refractivity contribution in [3.63, 3.8) is 0 Å². The molecule has 1 saturated heterocycles. The molecule has 8 heteroatoms. The Bertz CT molecular complexity index is 834. The van der Waals surface area contributed by atoms with Crippen LogP contribution in [0.1, 0.15) is 12.5 Å². The largest absolute Gasteiger partial charge is 0.369 e. The molecule has 1 unspecified atom stereocenters. The molecule has 1 heterocycles. The average Bonchev–Trinajstić information content (AvgIpc) is 2.74. The molecule has 0 bridgehead atoms. The fourth-order valence-electron chi connectivity index (χ4n) is 3.45. The van der Waals surface area contributed by atoms with Crippen LogP contribution in [0.4, 0.5) is 15.8 Å². The molecule has 3 rings (SSSR count). The lowest BCUT2D eigenvalue weighted by atomic mass is 10.1. The van der Waals surface area contributed by atoms with Crippen LogP contribution in [0.15, 0.2) is 48.5 Å². The van der Waals surface area contributed by atoms with Gasteiger partial charge in [0.15, 0.2) is 0 Å². The van der Waals surface area contributed by atoms with E-state index in [1.807, 2.05) is 6.92 Å². The van der Waals surface area contributed by atoms with Crippen molar-refractivity contribution in [3.05, 3.63) is 70.0 Å². The van der Waals surface area contributed by atoms with Gasteiger partial charge in [0.25, 0.3) is 5.69 Å². The summed E-state index contributed by atoms with van der Waals surface area (Å²) in [4.78, 5) is 27.1. The summed E-state index contributed by atoms with van der Waals surface area (Å²) in [7, 11) is 0. The van der Waals surface area contributed by atoms with Gasteiger partial charge in [-0.15, -0.1) is 0 Å². The third-order valence-electron chi connectivity index (χ3n) is 5.29. The molecule has 29 heavy (non-hydrogen) atoms. The van der Waals surface area contributed by atoms with Crippen LogP contribution in [-0.2, 0) is 11.2 Å². The molecule has 1 aliphatic heterocycles. The molecular weight excluding hydrogens is 375 g/mol. The fourth-order valence-corrected chi connectivity index (χ4v) is 3.45. The van der Waals surface area contributed by atoms with Gasteiger partial charge in [-0.25, -0.2) is 4.39 Å². The van der Waals surface area contributed by atoms with Crippen molar-refractivity contribution in [2.45, 2.75) is 19.4 Å². The van der Waals surface area contributed by atoms with Crippen molar-refractivity contribution in [2.75, 3.05) is 37.6 Å². The molecule has 1 N–H and O–H groups in total. The van der Waals surface area contributed by atoms with Crippen LogP contribution in [0.25, 0.3) is 0 Å². The van der Waals surface area contributed by atoms with Crippen LogP contribution >= 0.6 is 0 Å². The second-order valence-corrected chi connectivity index (χ2v) is 7.14. The summed E-state index contributed by atoms with van der Waals surface area (Å²) in [5, 5.41) is 13.7. The number of anilines is 1. The summed E-state index contributed by atoms with van der Waals surface area (Å²) in [6.45, 7) is 5.40. The molecule has 1 aliphatic rings. The van der Waals surface area contributed by atoms with Gasteiger partial charge in [0.1, 0.15) is 5.82 Å². The number of carbonyl (C=O) groups excluding carboxylic acids is 1. The number of rotatable bonds is 7. The third-order valence-corrected chi connectivity index (χ3v) is 5.29. The maximum Gasteiger partial charge on any atom is 0.269 e. The van der Waals surface area contributed by atoms with Crippen molar-refractivity contribution in [1.29, 1.82) is 0 Å². The average molecular weight is 400 g/mol. The normalized spacial score (nSPS) is 15.7. The minimum atomic E-state index is -0.405. The fraction of sp³-hybridized carbons (Fsp3) is 0.381. The van der Waals surface area contributed by atoms with Gasteiger partial charge in [-0.1, -0.05) is 12.1 Å². The number of non-ortho nitro benzene ring substituents is 1. The quantitative estimate of drug-likeness (QED) is 0.571. The van der Waals surface area contributed by atoms with E-state index in [2.05, 4.69) is 15.1 Å². The molecule has 0 aromatic heterocycles. The van der Waals surface area contributed by atoms with Crippen molar-refractivity contribution in [2.24, 2.45) is 0 Å². The number of carbonyl (C=O) groups is 1. The lowest BCUT2D eigenvalue weighted by Gasteiger charge is -2.38. The molecule has 7 nitrogen and oxygen atoms in total. The molecule has 0 radical (unpaired) electrons. The zero-order valence-corrected chi connectivity index (χ0v) is 16.4. The Hall–Kier alpha value is -3.00. The second kappa shape index (κ2) is 9.47. The van der Waals surface area contributed by atoms with E-state index in [9.17, 15) is 19.3 Å². The number of hydrogen-bond donors (Lipinski definition) is 1. The summed E-state index contributed by atoms with van der Waals surface area (Å²) < 4.78 is 12.9. The Labute approximate surface area is 169 Å². The number of nitro groups is 1. The monoisotopic (exact) mass is 400 g/mol. The Balaban J connectivity index is 1.43. The summed E-state index contributed by atoms with van der Waals surface area (Å²) >= 11 is 0. The molecule has 1 fully saturated rings. The highest BCUT2D eigenvalue weighted by molar-refractivity contribution is 5.81. The van der Waals surface area contributed by atoms with Crippen molar-refractivity contribution < 1.29 is 14.1 Å². The maximum atomic E-state index is 12.9. The lowest BCUT2D eigenvalue weighted by molar-refractivity contribution is -0.384. The van der Waals surface area contributed by atoms with Crippen LogP contribution in [0.5, 0.6) is 0 Å². The minimum absolute atomic E-state index is 0.0177. The third kappa shape index (κ3) is 5.51.